The molecule has 1 rings (SSSR count). The van der Waals surface area contributed by atoms with E-state index < -0.39 is 0 Å². The quantitative estimate of drug-likeness (QED) is 0.675. The molecule has 2 heteroatoms. The predicted octanol–water partition coefficient (Wildman–Crippen LogP) is 3.65. The zero-order valence-electron chi connectivity index (χ0n) is 8.48. The van der Waals surface area contributed by atoms with Crippen molar-refractivity contribution in [2.24, 2.45) is 0 Å². The Balaban J connectivity index is 3.35. The molecule has 0 radical (unpaired) electrons. The highest BCUT2D eigenvalue weighted by atomic mass is 35.5. The van der Waals surface area contributed by atoms with Gasteiger partial charge in [-0.1, -0.05) is 38.4 Å². The Kier molecular flexibility index (Phi) is 2.58. The third-order valence-corrected chi connectivity index (χ3v) is 2.65. The summed E-state index contributed by atoms with van der Waals surface area (Å²) in [6, 6.07) is 3.58. The molecule has 0 spiro atoms. The first kappa shape index (κ1) is 10.4. The van der Waals surface area contributed by atoms with Gasteiger partial charge in [-0.15, -0.1) is 0 Å². The van der Waals surface area contributed by atoms with Gasteiger partial charge in [-0.05, 0) is 24.0 Å². The number of phenolic OH excluding ortho intramolecular Hbond substituents is 1. The lowest BCUT2D eigenvalue weighted by Gasteiger charge is -2.21. The van der Waals surface area contributed by atoms with Crippen LogP contribution in [0, 0.1) is 6.92 Å². The summed E-state index contributed by atoms with van der Waals surface area (Å²) in [5, 5.41) is 10.1. The molecule has 0 bridgehead atoms. The minimum absolute atomic E-state index is 0.0234. The lowest BCUT2D eigenvalue weighted by atomic mass is 9.86. The van der Waals surface area contributed by atoms with E-state index in [4.69, 9.17) is 11.6 Å². The minimum atomic E-state index is 0.0234. The number of hydrogen-bond acceptors (Lipinski definition) is 1. The van der Waals surface area contributed by atoms with Crippen molar-refractivity contribution in [2.45, 2.75) is 33.1 Å². The molecular weight excluding hydrogens is 184 g/mol. The van der Waals surface area contributed by atoms with Crippen LogP contribution in [0.2, 0.25) is 5.02 Å². The molecule has 72 valence electrons. The first-order valence-corrected chi connectivity index (χ1v) is 4.70. The van der Waals surface area contributed by atoms with Gasteiger partial charge in [0.1, 0.15) is 5.75 Å². The predicted molar refractivity (Wildman–Crippen MR) is 56.6 cm³/mol. The maximum Gasteiger partial charge on any atom is 0.119 e. The topological polar surface area (TPSA) is 20.2 Å². The standard InChI is InChI=1S/C11H15ClO/c1-7-9(13)6-5-8(10(7)12)11(2,3)4/h5-6,13H,1-4H3. The molecule has 1 aromatic rings. The second-order valence-corrected chi connectivity index (χ2v) is 4.70. The van der Waals surface area contributed by atoms with Gasteiger partial charge in [0.15, 0.2) is 0 Å². The van der Waals surface area contributed by atoms with E-state index >= 15 is 0 Å². The number of aromatic hydroxyl groups is 1. The monoisotopic (exact) mass is 198 g/mol. The fourth-order valence-electron chi connectivity index (χ4n) is 1.25. The van der Waals surface area contributed by atoms with Gasteiger partial charge in [0, 0.05) is 5.56 Å². The average Bonchev–Trinajstić information content (AvgIpc) is 1.98. The molecule has 0 amide bonds. The highest BCUT2D eigenvalue weighted by molar-refractivity contribution is 6.32. The van der Waals surface area contributed by atoms with Crippen molar-refractivity contribution < 1.29 is 5.11 Å². The second kappa shape index (κ2) is 3.22. The Hall–Kier alpha value is -0.690. The Morgan fingerprint density at radius 1 is 1.23 bits per heavy atom. The molecule has 0 aliphatic rings. The molecule has 0 aromatic heterocycles. The maximum atomic E-state index is 9.41. The van der Waals surface area contributed by atoms with Crippen molar-refractivity contribution >= 4 is 11.6 Å². The van der Waals surface area contributed by atoms with Gasteiger partial charge >= 0.3 is 0 Å². The van der Waals surface area contributed by atoms with Crippen LogP contribution in [0.15, 0.2) is 12.1 Å². The number of halogens is 1. The Labute approximate surface area is 84.4 Å². The van der Waals surface area contributed by atoms with Crippen LogP contribution < -0.4 is 0 Å². The van der Waals surface area contributed by atoms with Crippen molar-refractivity contribution in [1.82, 2.24) is 0 Å². The van der Waals surface area contributed by atoms with Crippen LogP contribution in [0.3, 0.4) is 0 Å². The van der Waals surface area contributed by atoms with Gasteiger partial charge in [-0.25, -0.2) is 0 Å². The molecule has 0 atom stereocenters. The largest absolute Gasteiger partial charge is 0.508 e. The van der Waals surface area contributed by atoms with Gasteiger partial charge in [0.25, 0.3) is 0 Å². The molecule has 0 fully saturated rings. The van der Waals surface area contributed by atoms with E-state index in [2.05, 4.69) is 20.8 Å². The molecule has 13 heavy (non-hydrogen) atoms. The fourth-order valence-corrected chi connectivity index (χ4v) is 1.70. The van der Waals surface area contributed by atoms with E-state index in [-0.39, 0.29) is 11.2 Å². The molecule has 0 heterocycles. The molecule has 0 saturated heterocycles. The van der Waals surface area contributed by atoms with Crippen molar-refractivity contribution in [3.05, 3.63) is 28.3 Å². The van der Waals surface area contributed by atoms with E-state index in [1.54, 1.807) is 6.07 Å². The molecular formula is C11H15ClO. The first-order chi connectivity index (χ1) is 5.84. The zero-order chi connectivity index (χ0) is 10.2. The van der Waals surface area contributed by atoms with Gasteiger partial charge < -0.3 is 5.11 Å². The first-order valence-electron chi connectivity index (χ1n) is 4.32. The third-order valence-electron chi connectivity index (χ3n) is 2.17. The molecule has 0 unspecified atom stereocenters. The third kappa shape index (κ3) is 1.97. The van der Waals surface area contributed by atoms with Crippen LogP contribution in [0.1, 0.15) is 31.9 Å². The fraction of sp³-hybridized carbons (Fsp3) is 0.455. The van der Waals surface area contributed by atoms with E-state index in [9.17, 15) is 5.11 Å². The summed E-state index contributed by atoms with van der Waals surface area (Å²) in [6.45, 7) is 8.13. The second-order valence-electron chi connectivity index (χ2n) is 4.32. The summed E-state index contributed by atoms with van der Waals surface area (Å²) >= 11 is 6.12. The number of phenols is 1. The SMILES string of the molecule is Cc1c(O)ccc(C(C)(C)C)c1Cl. The highest BCUT2D eigenvalue weighted by Crippen LogP contribution is 2.35. The van der Waals surface area contributed by atoms with Crippen LogP contribution in [0.25, 0.3) is 0 Å². The van der Waals surface area contributed by atoms with Crippen molar-refractivity contribution in [3.63, 3.8) is 0 Å². The summed E-state index contributed by atoms with van der Waals surface area (Å²) in [4.78, 5) is 0. The molecule has 0 saturated carbocycles. The minimum Gasteiger partial charge on any atom is -0.508 e. The molecule has 1 aromatic carbocycles. The summed E-state index contributed by atoms with van der Waals surface area (Å²) in [5.74, 6) is 0.262. The smallest absolute Gasteiger partial charge is 0.119 e. The lowest BCUT2D eigenvalue weighted by Crippen LogP contribution is -2.12. The van der Waals surface area contributed by atoms with Gasteiger partial charge in [-0.3, -0.25) is 0 Å². The van der Waals surface area contributed by atoms with E-state index in [1.165, 1.54) is 0 Å². The summed E-state index contributed by atoms with van der Waals surface area (Å²) in [6.07, 6.45) is 0. The summed E-state index contributed by atoms with van der Waals surface area (Å²) < 4.78 is 0. The van der Waals surface area contributed by atoms with Crippen molar-refractivity contribution in [1.29, 1.82) is 0 Å². The summed E-state index contributed by atoms with van der Waals surface area (Å²) in [7, 11) is 0. The summed E-state index contributed by atoms with van der Waals surface area (Å²) in [5.41, 5.74) is 1.86. The Bertz CT molecular complexity index is 324. The zero-order valence-corrected chi connectivity index (χ0v) is 9.24. The van der Waals surface area contributed by atoms with Crippen molar-refractivity contribution in [2.75, 3.05) is 0 Å². The van der Waals surface area contributed by atoms with E-state index in [1.807, 2.05) is 13.0 Å². The van der Waals surface area contributed by atoms with Crippen LogP contribution in [-0.4, -0.2) is 5.11 Å². The van der Waals surface area contributed by atoms with Gasteiger partial charge in [0.2, 0.25) is 0 Å². The van der Waals surface area contributed by atoms with Gasteiger partial charge in [0.05, 0.1) is 5.02 Å². The van der Waals surface area contributed by atoms with Crippen LogP contribution >= 0.6 is 11.6 Å². The van der Waals surface area contributed by atoms with Crippen LogP contribution in [0.5, 0.6) is 5.75 Å². The number of hydrogen-bond donors (Lipinski definition) is 1. The van der Waals surface area contributed by atoms with E-state index in [0.29, 0.717) is 5.02 Å². The van der Waals surface area contributed by atoms with Crippen molar-refractivity contribution in [3.8, 4) is 5.75 Å². The lowest BCUT2D eigenvalue weighted by molar-refractivity contribution is 0.470. The Morgan fingerprint density at radius 3 is 2.23 bits per heavy atom. The Morgan fingerprint density at radius 2 is 1.77 bits per heavy atom. The molecule has 1 nitrogen and oxygen atoms in total. The van der Waals surface area contributed by atoms with Crippen LogP contribution in [0.4, 0.5) is 0 Å². The normalized spacial score (nSPS) is 11.8. The molecule has 1 N–H and O–H groups in total. The average molecular weight is 199 g/mol. The number of rotatable bonds is 0. The molecule has 0 aliphatic heterocycles. The maximum absolute atomic E-state index is 9.41. The highest BCUT2D eigenvalue weighted by Gasteiger charge is 2.19. The van der Waals surface area contributed by atoms with Gasteiger partial charge in [-0.2, -0.15) is 0 Å². The van der Waals surface area contributed by atoms with Crippen LogP contribution in [-0.2, 0) is 5.41 Å². The van der Waals surface area contributed by atoms with E-state index in [0.717, 1.165) is 11.1 Å². The molecule has 0 aliphatic carbocycles. The number of benzene rings is 1.